The van der Waals surface area contributed by atoms with Gasteiger partial charge in [0, 0.05) is 32.7 Å². The molecule has 3 rings (SSSR count). The predicted molar refractivity (Wildman–Crippen MR) is 100 cm³/mol. The second-order valence-corrected chi connectivity index (χ2v) is 7.30. The fourth-order valence-electron chi connectivity index (χ4n) is 3.35. The van der Waals surface area contributed by atoms with Gasteiger partial charge in [-0.2, -0.15) is 5.10 Å². The Hall–Kier alpha value is -2.13. The van der Waals surface area contributed by atoms with Crippen molar-refractivity contribution in [2.45, 2.75) is 32.9 Å². The van der Waals surface area contributed by atoms with E-state index in [4.69, 9.17) is 11.6 Å². The molecule has 0 spiro atoms. The van der Waals surface area contributed by atoms with Crippen LogP contribution in [-0.4, -0.2) is 51.7 Å². The molecule has 1 amide bonds. The van der Waals surface area contributed by atoms with Crippen LogP contribution in [-0.2, 0) is 17.9 Å². The molecule has 0 atom stereocenters. The van der Waals surface area contributed by atoms with Gasteiger partial charge in [-0.1, -0.05) is 35.9 Å². The largest absolute Gasteiger partial charge is 0.339 e. The summed E-state index contributed by atoms with van der Waals surface area (Å²) in [6.45, 7) is 4.35. The summed E-state index contributed by atoms with van der Waals surface area (Å²) in [7, 11) is 0. The molecule has 0 aliphatic carbocycles. The molecule has 158 valence electrons. The van der Waals surface area contributed by atoms with Crippen LogP contribution in [0, 0.1) is 6.92 Å². The highest BCUT2D eigenvalue weighted by Crippen LogP contribution is 2.34. The molecule has 1 aliphatic rings. The maximum absolute atomic E-state index is 13.2. The first-order chi connectivity index (χ1) is 13.8. The molecule has 1 aliphatic heterocycles. The highest BCUT2D eigenvalue weighted by atomic mass is 35.5. The number of rotatable bonds is 6. The molecule has 0 saturated carbocycles. The zero-order chi connectivity index (χ0) is 21.1. The topological polar surface area (TPSA) is 41.4 Å². The maximum Gasteiger partial charge on any atom is 0.283 e. The number of piperazine rings is 1. The van der Waals surface area contributed by atoms with E-state index in [1.165, 1.54) is 16.0 Å². The molecule has 5 nitrogen and oxygen atoms in total. The summed E-state index contributed by atoms with van der Waals surface area (Å²) in [6.07, 6.45) is -6.21. The standard InChI is InChI=1S/C19H21ClF4N4O/c1-12-4-2-3-5-13(12)10-26-6-8-27(9-7-26)14(29)11-28-17(19(23)24)15(20)16(25-28)18(21)22/h2-5,18-19H,6-11H2,1H3. The second-order valence-electron chi connectivity index (χ2n) is 6.93. The van der Waals surface area contributed by atoms with E-state index in [-0.39, 0.29) is 0 Å². The first-order valence-corrected chi connectivity index (χ1v) is 9.52. The molecule has 1 aromatic carbocycles. The van der Waals surface area contributed by atoms with Crippen LogP contribution >= 0.6 is 11.6 Å². The van der Waals surface area contributed by atoms with E-state index < -0.39 is 41.7 Å². The molecule has 2 heterocycles. The number of benzene rings is 1. The average Bonchev–Trinajstić information content (AvgIpc) is 3.00. The number of hydrogen-bond acceptors (Lipinski definition) is 3. The Morgan fingerprint density at radius 2 is 1.76 bits per heavy atom. The molecular weight excluding hydrogens is 412 g/mol. The van der Waals surface area contributed by atoms with E-state index in [1.807, 2.05) is 25.1 Å². The Morgan fingerprint density at radius 3 is 2.34 bits per heavy atom. The summed E-state index contributed by atoms with van der Waals surface area (Å²) in [4.78, 5) is 16.3. The fraction of sp³-hybridized carbons (Fsp3) is 0.474. The molecule has 0 unspecified atom stereocenters. The lowest BCUT2D eigenvalue weighted by atomic mass is 10.1. The molecule has 2 aromatic rings. The van der Waals surface area contributed by atoms with Gasteiger partial charge in [0.25, 0.3) is 12.9 Å². The second kappa shape index (κ2) is 9.13. The monoisotopic (exact) mass is 432 g/mol. The first kappa shape index (κ1) is 21.6. The first-order valence-electron chi connectivity index (χ1n) is 9.15. The molecule has 0 bridgehead atoms. The van der Waals surface area contributed by atoms with E-state index >= 15 is 0 Å². The van der Waals surface area contributed by atoms with Gasteiger partial charge in [-0.25, -0.2) is 17.6 Å². The van der Waals surface area contributed by atoms with E-state index in [2.05, 4.69) is 16.1 Å². The molecule has 0 N–H and O–H groups in total. The molecule has 1 fully saturated rings. The van der Waals surface area contributed by atoms with Gasteiger partial charge in [0.15, 0.2) is 0 Å². The van der Waals surface area contributed by atoms with Crippen LogP contribution in [0.4, 0.5) is 17.6 Å². The maximum atomic E-state index is 13.2. The van der Waals surface area contributed by atoms with E-state index in [9.17, 15) is 22.4 Å². The molecule has 29 heavy (non-hydrogen) atoms. The number of hydrogen-bond donors (Lipinski definition) is 0. The third-order valence-electron chi connectivity index (χ3n) is 5.03. The number of aromatic nitrogens is 2. The van der Waals surface area contributed by atoms with Gasteiger partial charge in [0.2, 0.25) is 5.91 Å². The van der Waals surface area contributed by atoms with Crippen molar-refractivity contribution in [3.63, 3.8) is 0 Å². The average molecular weight is 433 g/mol. The van der Waals surface area contributed by atoms with Crippen LogP contribution in [0.5, 0.6) is 0 Å². The van der Waals surface area contributed by atoms with E-state index in [1.54, 1.807) is 0 Å². The summed E-state index contributed by atoms with van der Waals surface area (Å²) in [6, 6.07) is 8.05. The summed E-state index contributed by atoms with van der Waals surface area (Å²) in [5, 5.41) is 2.66. The summed E-state index contributed by atoms with van der Waals surface area (Å²) < 4.78 is 52.9. The highest BCUT2D eigenvalue weighted by molar-refractivity contribution is 6.32. The minimum Gasteiger partial charge on any atom is -0.339 e. The van der Waals surface area contributed by atoms with Crippen molar-refractivity contribution in [2.24, 2.45) is 0 Å². The summed E-state index contributed by atoms with van der Waals surface area (Å²) >= 11 is 5.62. The van der Waals surface area contributed by atoms with Crippen LogP contribution in [0.2, 0.25) is 5.02 Å². The van der Waals surface area contributed by atoms with Crippen molar-refractivity contribution < 1.29 is 22.4 Å². The van der Waals surface area contributed by atoms with Crippen molar-refractivity contribution >= 4 is 17.5 Å². The number of carbonyl (C=O) groups is 1. The van der Waals surface area contributed by atoms with Gasteiger partial charge >= 0.3 is 0 Å². The summed E-state index contributed by atoms with van der Waals surface area (Å²) in [5.74, 6) is -0.456. The molecule has 1 saturated heterocycles. The summed E-state index contributed by atoms with van der Waals surface area (Å²) in [5.41, 5.74) is 0.613. The number of alkyl halides is 4. The zero-order valence-corrected chi connectivity index (χ0v) is 16.5. The molecule has 1 aromatic heterocycles. The minimum atomic E-state index is -3.11. The van der Waals surface area contributed by atoms with Gasteiger partial charge in [-0.15, -0.1) is 0 Å². The van der Waals surface area contributed by atoms with Crippen molar-refractivity contribution in [1.29, 1.82) is 0 Å². The van der Waals surface area contributed by atoms with Gasteiger partial charge in [-0.3, -0.25) is 14.4 Å². The van der Waals surface area contributed by atoms with Crippen LogP contribution in [0.3, 0.4) is 0 Å². The Kier molecular flexibility index (Phi) is 6.79. The third-order valence-corrected chi connectivity index (χ3v) is 5.42. The predicted octanol–water partition coefficient (Wildman–Crippen LogP) is 4.06. The lowest BCUT2D eigenvalue weighted by Gasteiger charge is -2.35. The minimum absolute atomic E-state index is 0.422. The van der Waals surface area contributed by atoms with Crippen molar-refractivity contribution in [3.05, 3.63) is 51.8 Å². The van der Waals surface area contributed by atoms with E-state index in [0.29, 0.717) is 30.9 Å². The normalized spacial score (nSPS) is 15.5. The number of nitrogens with zero attached hydrogens (tertiary/aromatic N) is 4. The lowest BCUT2D eigenvalue weighted by molar-refractivity contribution is -0.134. The number of carbonyl (C=O) groups excluding carboxylic acids is 1. The quantitative estimate of drug-likeness (QED) is 0.646. The Labute approximate surface area is 170 Å². The molecule has 10 heteroatoms. The van der Waals surface area contributed by atoms with Crippen LogP contribution < -0.4 is 0 Å². The fourth-order valence-corrected chi connectivity index (χ4v) is 3.65. The van der Waals surface area contributed by atoms with Gasteiger partial charge in [0.1, 0.15) is 17.9 Å². The van der Waals surface area contributed by atoms with E-state index in [0.717, 1.165) is 6.54 Å². The zero-order valence-electron chi connectivity index (χ0n) is 15.8. The highest BCUT2D eigenvalue weighted by Gasteiger charge is 2.30. The Balaban J connectivity index is 1.62. The smallest absolute Gasteiger partial charge is 0.283 e. The molecular formula is C19H21ClF4N4O. The van der Waals surface area contributed by atoms with Gasteiger partial charge in [-0.05, 0) is 18.1 Å². The Bertz CT molecular complexity index is 866. The van der Waals surface area contributed by atoms with Crippen molar-refractivity contribution in [1.82, 2.24) is 19.6 Å². The number of aryl methyl sites for hydroxylation is 1. The molecule has 0 radical (unpaired) electrons. The van der Waals surface area contributed by atoms with Crippen LogP contribution in [0.25, 0.3) is 0 Å². The SMILES string of the molecule is Cc1ccccc1CN1CCN(C(=O)Cn2nc(C(F)F)c(Cl)c2C(F)F)CC1. The Morgan fingerprint density at radius 1 is 1.10 bits per heavy atom. The lowest BCUT2D eigenvalue weighted by Crippen LogP contribution is -2.49. The number of halogens is 5. The number of amides is 1. The van der Waals surface area contributed by atoms with Crippen LogP contribution in [0.15, 0.2) is 24.3 Å². The third kappa shape index (κ3) is 4.90. The van der Waals surface area contributed by atoms with Gasteiger partial charge < -0.3 is 4.90 Å². The van der Waals surface area contributed by atoms with Crippen molar-refractivity contribution in [3.8, 4) is 0 Å². The van der Waals surface area contributed by atoms with Crippen LogP contribution in [0.1, 0.15) is 35.4 Å². The van der Waals surface area contributed by atoms with Crippen molar-refractivity contribution in [2.75, 3.05) is 26.2 Å². The van der Waals surface area contributed by atoms with Gasteiger partial charge in [0.05, 0.1) is 5.02 Å².